The van der Waals surface area contributed by atoms with Crippen molar-refractivity contribution in [2.24, 2.45) is 0 Å². The van der Waals surface area contributed by atoms with Crippen LogP contribution in [0.3, 0.4) is 0 Å². The molecule has 0 atom stereocenters. The van der Waals surface area contributed by atoms with E-state index >= 15 is 0 Å². The average molecular weight is 278 g/mol. The molecule has 0 aliphatic heterocycles. The highest BCUT2D eigenvalue weighted by atomic mass is 79.9. The molecule has 0 aliphatic carbocycles. The summed E-state index contributed by atoms with van der Waals surface area (Å²) in [5.74, 6) is 0. The van der Waals surface area contributed by atoms with Crippen molar-refractivity contribution in [1.82, 2.24) is 4.98 Å². The molecule has 2 heteroatoms. The predicted octanol–water partition coefficient (Wildman–Crippen LogP) is 4.68. The van der Waals surface area contributed by atoms with Crippen molar-refractivity contribution in [1.29, 1.82) is 0 Å². The highest BCUT2D eigenvalue weighted by Crippen LogP contribution is 2.34. The van der Waals surface area contributed by atoms with Gasteiger partial charge in [0.2, 0.25) is 0 Å². The maximum Gasteiger partial charge on any atom is 0.0750 e. The summed E-state index contributed by atoms with van der Waals surface area (Å²) in [7, 11) is 0. The molecule has 1 nitrogen and oxygen atoms in total. The molecule has 2 rings (SSSR count). The molecule has 0 bridgehead atoms. The lowest BCUT2D eigenvalue weighted by atomic mass is 9.81. The Morgan fingerprint density at radius 1 is 1.25 bits per heavy atom. The molecule has 84 valence electrons. The summed E-state index contributed by atoms with van der Waals surface area (Å²) in [4.78, 5) is 4.53. The van der Waals surface area contributed by atoms with Crippen LogP contribution < -0.4 is 0 Å². The van der Waals surface area contributed by atoms with Crippen molar-refractivity contribution in [3.05, 3.63) is 40.5 Å². The smallest absolute Gasteiger partial charge is 0.0750 e. The molecule has 0 fully saturated rings. The van der Waals surface area contributed by atoms with Crippen molar-refractivity contribution in [2.75, 3.05) is 0 Å². The summed E-state index contributed by atoms with van der Waals surface area (Å²) < 4.78 is 1.12. The Bertz CT molecular complexity index is 517. The summed E-state index contributed by atoms with van der Waals surface area (Å²) in [5.41, 5.74) is 2.62. The molecule has 1 aromatic carbocycles. The SMILES string of the molecule is CCC(C)(C)c1ccc(Br)c2cccnc12. The van der Waals surface area contributed by atoms with Crippen molar-refractivity contribution >= 4 is 26.8 Å². The topological polar surface area (TPSA) is 12.9 Å². The Kier molecular flexibility index (Phi) is 3.02. The third-order valence-electron chi connectivity index (χ3n) is 3.33. The van der Waals surface area contributed by atoms with E-state index in [2.05, 4.69) is 59.9 Å². The van der Waals surface area contributed by atoms with E-state index in [4.69, 9.17) is 0 Å². The summed E-state index contributed by atoms with van der Waals surface area (Å²) in [5, 5.41) is 1.20. The van der Waals surface area contributed by atoms with Crippen molar-refractivity contribution in [2.45, 2.75) is 32.6 Å². The van der Waals surface area contributed by atoms with Crippen LogP contribution in [0, 0.1) is 0 Å². The van der Waals surface area contributed by atoms with Gasteiger partial charge in [-0.3, -0.25) is 4.98 Å². The monoisotopic (exact) mass is 277 g/mol. The number of aromatic nitrogens is 1. The molecule has 0 saturated carbocycles. The lowest BCUT2D eigenvalue weighted by molar-refractivity contribution is 0.510. The first-order valence-electron chi connectivity index (χ1n) is 5.60. The number of rotatable bonds is 2. The van der Waals surface area contributed by atoms with Crippen LogP contribution >= 0.6 is 15.9 Å². The Morgan fingerprint density at radius 3 is 2.69 bits per heavy atom. The normalized spacial score (nSPS) is 12.0. The van der Waals surface area contributed by atoms with Crippen LogP contribution in [0.4, 0.5) is 0 Å². The molecule has 2 aromatic rings. The minimum absolute atomic E-state index is 0.174. The van der Waals surface area contributed by atoms with Gasteiger partial charge in [-0.15, -0.1) is 0 Å². The quantitative estimate of drug-likeness (QED) is 0.777. The van der Waals surface area contributed by atoms with Gasteiger partial charge in [-0.2, -0.15) is 0 Å². The first kappa shape index (κ1) is 11.6. The van der Waals surface area contributed by atoms with Crippen LogP contribution in [0.25, 0.3) is 10.9 Å². The van der Waals surface area contributed by atoms with Crippen molar-refractivity contribution < 1.29 is 0 Å². The molecule has 0 aliphatic rings. The van der Waals surface area contributed by atoms with E-state index < -0.39 is 0 Å². The van der Waals surface area contributed by atoms with E-state index in [1.807, 2.05) is 12.3 Å². The summed E-state index contributed by atoms with van der Waals surface area (Å²) in [6.07, 6.45) is 2.98. The Morgan fingerprint density at radius 2 is 2.00 bits per heavy atom. The predicted molar refractivity (Wildman–Crippen MR) is 72.8 cm³/mol. The number of fused-ring (bicyclic) bond motifs is 1. The van der Waals surface area contributed by atoms with Gasteiger partial charge in [-0.25, -0.2) is 0 Å². The first-order valence-corrected chi connectivity index (χ1v) is 6.39. The Balaban J connectivity index is 2.77. The van der Waals surface area contributed by atoms with Crippen LogP contribution in [0.2, 0.25) is 0 Å². The third-order valence-corrected chi connectivity index (χ3v) is 4.02. The molecule has 0 radical (unpaired) electrons. The van der Waals surface area contributed by atoms with Gasteiger partial charge in [-0.05, 0) is 29.5 Å². The second-order valence-electron chi connectivity index (χ2n) is 4.73. The van der Waals surface area contributed by atoms with Crippen molar-refractivity contribution in [3.63, 3.8) is 0 Å². The van der Waals surface area contributed by atoms with Crippen LogP contribution in [-0.2, 0) is 5.41 Å². The van der Waals surface area contributed by atoms with E-state index in [0.717, 1.165) is 16.4 Å². The Hall–Kier alpha value is -0.890. The van der Waals surface area contributed by atoms with E-state index in [0.29, 0.717) is 0 Å². The highest BCUT2D eigenvalue weighted by molar-refractivity contribution is 9.10. The van der Waals surface area contributed by atoms with Gasteiger partial charge in [0.15, 0.2) is 0 Å². The van der Waals surface area contributed by atoms with Gasteiger partial charge in [-0.1, -0.05) is 48.8 Å². The van der Waals surface area contributed by atoms with Gasteiger partial charge >= 0.3 is 0 Å². The van der Waals surface area contributed by atoms with E-state index in [1.165, 1.54) is 10.9 Å². The van der Waals surface area contributed by atoms with Gasteiger partial charge in [0.05, 0.1) is 5.52 Å². The molecular weight excluding hydrogens is 262 g/mol. The minimum Gasteiger partial charge on any atom is -0.256 e. The fourth-order valence-corrected chi connectivity index (χ4v) is 2.33. The highest BCUT2D eigenvalue weighted by Gasteiger charge is 2.21. The Labute approximate surface area is 105 Å². The largest absolute Gasteiger partial charge is 0.256 e. The van der Waals surface area contributed by atoms with E-state index in [9.17, 15) is 0 Å². The molecule has 1 aromatic heterocycles. The molecule has 0 spiro atoms. The molecular formula is C14H16BrN. The van der Waals surface area contributed by atoms with Gasteiger partial charge in [0.25, 0.3) is 0 Å². The van der Waals surface area contributed by atoms with E-state index in [1.54, 1.807) is 0 Å². The average Bonchev–Trinajstić information content (AvgIpc) is 2.29. The zero-order valence-electron chi connectivity index (χ0n) is 9.92. The number of hydrogen-bond acceptors (Lipinski definition) is 1. The summed E-state index contributed by atoms with van der Waals surface area (Å²) in [6, 6.07) is 8.40. The van der Waals surface area contributed by atoms with Crippen molar-refractivity contribution in [3.8, 4) is 0 Å². The van der Waals surface area contributed by atoms with Crippen LogP contribution in [0.15, 0.2) is 34.9 Å². The first-order chi connectivity index (χ1) is 7.56. The number of nitrogens with zero attached hydrogens (tertiary/aromatic N) is 1. The zero-order chi connectivity index (χ0) is 11.8. The number of hydrogen-bond donors (Lipinski definition) is 0. The molecule has 0 saturated heterocycles. The van der Waals surface area contributed by atoms with Gasteiger partial charge < -0.3 is 0 Å². The number of halogens is 1. The minimum atomic E-state index is 0.174. The maximum absolute atomic E-state index is 4.53. The molecule has 1 heterocycles. The van der Waals surface area contributed by atoms with Gasteiger partial charge in [0, 0.05) is 16.1 Å². The number of pyridine rings is 1. The second kappa shape index (κ2) is 4.17. The van der Waals surface area contributed by atoms with Crippen LogP contribution in [0.5, 0.6) is 0 Å². The fourth-order valence-electron chi connectivity index (χ4n) is 1.87. The lowest BCUT2D eigenvalue weighted by Crippen LogP contribution is -2.16. The third kappa shape index (κ3) is 1.86. The lowest BCUT2D eigenvalue weighted by Gasteiger charge is -2.24. The molecule has 0 unspecified atom stereocenters. The maximum atomic E-state index is 4.53. The summed E-state index contributed by atoms with van der Waals surface area (Å²) in [6.45, 7) is 6.76. The number of benzene rings is 1. The zero-order valence-corrected chi connectivity index (χ0v) is 11.5. The van der Waals surface area contributed by atoms with Crippen LogP contribution in [0.1, 0.15) is 32.8 Å². The van der Waals surface area contributed by atoms with E-state index in [-0.39, 0.29) is 5.41 Å². The van der Waals surface area contributed by atoms with Crippen LogP contribution in [-0.4, -0.2) is 4.98 Å². The molecule has 0 amide bonds. The van der Waals surface area contributed by atoms with Gasteiger partial charge in [0.1, 0.15) is 0 Å². The fraction of sp³-hybridized carbons (Fsp3) is 0.357. The standard InChI is InChI=1S/C14H16BrN/c1-4-14(2,3)11-7-8-12(15)10-6-5-9-16-13(10)11/h5-9H,4H2,1-3H3. The summed E-state index contributed by atoms with van der Waals surface area (Å²) >= 11 is 3.58. The molecule has 0 N–H and O–H groups in total. The second-order valence-corrected chi connectivity index (χ2v) is 5.59. The molecule has 16 heavy (non-hydrogen) atoms.